The molecular weight excluding hydrogens is 379 g/mol. The molecule has 0 aliphatic carbocycles. The highest BCUT2D eigenvalue weighted by Crippen LogP contribution is 2.47. The quantitative estimate of drug-likeness (QED) is 0.370. The summed E-state index contributed by atoms with van der Waals surface area (Å²) in [5.74, 6) is 2.35. The summed E-state index contributed by atoms with van der Waals surface area (Å²) in [6.45, 7) is 7.39. The molecule has 0 radical (unpaired) electrons. The van der Waals surface area contributed by atoms with Crippen LogP contribution in [0.15, 0.2) is 42.5 Å². The van der Waals surface area contributed by atoms with Crippen LogP contribution in [0.5, 0.6) is 11.5 Å². The van der Waals surface area contributed by atoms with Crippen LogP contribution in [0.2, 0.25) is 0 Å². The molecule has 1 aliphatic heterocycles. The zero-order chi connectivity index (χ0) is 20.5. The van der Waals surface area contributed by atoms with Gasteiger partial charge in [-0.2, -0.15) is 0 Å². The minimum absolute atomic E-state index is 0.556. The lowest BCUT2D eigenvalue weighted by molar-refractivity contribution is 0.206. The van der Waals surface area contributed by atoms with E-state index in [0.717, 1.165) is 30.8 Å². The van der Waals surface area contributed by atoms with E-state index in [4.69, 9.17) is 13.6 Å². The Bertz CT molecular complexity index is 761. The van der Waals surface area contributed by atoms with Crippen LogP contribution in [0.1, 0.15) is 76.0 Å². The topological polar surface area (TPSA) is 27.7 Å². The first-order valence-corrected chi connectivity index (χ1v) is 12.3. The van der Waals surface area contributed by atoms with E-state index in [-0.39, 0.29) is 0 Å². The molecular formula is C25H35O3P. The summed E-state index contributed by atoms with van der Waals surface area (Å²) in [6, 6.07) is 14.9. The third-order valence-corrected chi connectivity index (χ3v) is 6.66. The van der Waals surface area contributed by atoms with Gasteiger partial charge in [-0.25, -0.2) is 0 Å². The van der Waals surface area contributed by atoms with Gasteiger partial charge in [-0.1, -0.05) is 76.8 Å². The first kappa shape index (κ1) is 22.1. The third kappa shape index (κ3) is 6.46. The Morgan fingerprint density at radius 3 is 2.48 bits per heavy atom. The molecule has 0 aromatic heterocycles. The summed E-state index contributed by atoms with van der Waals surface area (Å²) < 4.78 is 18.8. The van der Waals surface area contributed by atoms with Gasteiger partial charge in [0.1, 0.15) is 11.5 Å². The van der Waals surface area contributed by atoms with Gasteiger partial charge in [0, 0.05) is 6.42 Å². The Morgan fingerprint density at radius 1 is 0.931 bits per heavy atom. The molecule has 29 heavy (non-hydrogen) atoms. The molecule has 2 atom stereocenters. The average Bonchev–Trinajstić information content (AvgIpc) is 2.73. The Balaban J connectivity index is 1.80. The number of fused-ring (bicyclic) bond motifs is 2. The SMILES string of the molecule is CCCCc1ccc2c(c1)OP(OCC(CC)CCCC)Oc1ccccc1C2. The van der Waals surface area contributed by atoms with Gasteiger partial charge >= 0.3 is 8.60 Å². The summed E-state index contributed by atoms with van der Waals surface area (Å²) in [4.78, 5) is 0. The monoisotopic (exact) mass is 414 g/mol. The smallest absolute Gasteiger partial charge is 0.417 e. The summed E-state index contributed by atoms with van der Waals surface area (Å²) in [5, 5.41) is 0. The molecule has 1 heterocycles. The normalized spacial score (nSPS) is 16.6. The van der Waals surface area contributed by atoms with E-state index in [2.05, 4.69) is 51.1 Å². The molecule has 0 spiro atoms. The predicted molar refractivity (Wildman–Crippen MR) is 122 cm³/mol. The van der Waals surface area contributed by atoms with Crippen molar-refractivity contribution < 1.29 is 13.6 Å². The molecule has 0 saturated carbocycles. The Hall–Kier alpha value is -1.57. The van der Waals surface area contributed by atoms with Crippen molar-refractivity contribution in [2.45, 2.75) is 72.1 Å². The summed E-state index contributed by atoms with van der Waals surface area (Å²) in [5.41, 5.74) is 3.71. The summed E-state index contributed by atoms with van der Waals surface area (Å²) in [7, 11) is -1.47. The van der Waals surface area contributed by atoms with E-state index in [1.54, 1.807) is 0 Å². The van der Waals surface area contributed by atoms with Crippen molar-refractivity contribution in [3.05, 3.63) is 59.2 Å². The van der Waals surface area contributed by atoms with Crippen LogP contribution in [-0.4, -0.2) is 6.61 Å². The largest absolute Gasteiger partial charge is 0.463 e. The number of hydrogen-bond acceptors (Lipinski definition) is 3. The molecule has 3 rings (SSSR count). The van der Waals surface area contributed by atoms with Gasteiger partial charge in [-0.3, -0.25) is 4.52 Å². The van der Waals surface area contributed by atoms with Crippen LogP contribution in [0.3, 0.4) is 0 Å². The minimum atomic E-state index is -1.47. The van der Waals surface area contributed by atoms with E-state index < -0.39 is 8.60 Å². The van der Waals surface area contributed by atoms with Crippen molar-refractivity contribution in [3.63, 3.8) is 0 Å². The molecule has 2 aromatic rings. The molecule has 2 unspecified atom stereocenters. The van der Waals surface area contributed by atoms with Crippen molar-refractivity contribution in [2.24, 2.45) is 5.92 Å². The lowest BCUT2D eigenvalue weighted by Gasteiger charge is -2.25. The maximum absolute atomic E-state index is 6.33. The van der Waals surface area contributed by atoms with Gasteiger partial charge in [0.15, 0.2) is 0 Å². The van der Waals surface area contributed by atoms with Gasteiger partial charge < -0.3 is 9.05 Å². The van der Waals surface area contributed by atoms with Crippen molar-refractivity contribution in [2.75, 3.05) is 6.61 Å². The fourth-order valence-electron chi connectivity index (χ4n) is 3.61. The molecule has 4 heteroatoms. The van der Waals surface area contributed by atoms with E-state index in [0.29, 0.717) is 12.5 Å². The fraction of sp³-hybridized carbons (Fsp3) is 0.520. The van der Waals surface area contributed by atoms with Gasteiger partial charge in [0.05, 0.1) is 6.61 Å². The lowest BCUT2D eigenvalue weighted by atomic mass is 10.00. The fourth-order valence-corrected chi connectivity index (χ4v) is 4.75. The number of unbranched alkanes of at least 4 members (excludes halogenated alkanes) is 2. The highest BCUT2D eigenvalue weighted by Gasteiger charge is 2.25. The Labute approximate surface area is 177 Å². The zero-order valence-electron chi connectivity index (χ0n) is 18.2. The number of aryl methyl sites for hydroxylation is 1. The molecule has 0 amide bonds. The van der Waals surface area contributed by atoms with Crippen molar-refractivity contribution in [1.82, 2.24) is 0 Å². The Morgan fingerprint density at radius 2 is 1.69 bits per heavy atom. The maximum atomic E-state index is 6.33. The highest BCUT2D eigenvalue weighted by atomic mass is 31.2. The molecule has 2 aromatic carbocycles. The minimum Gasteiger partial charge on any atom is -0.417 e. The molecule has 1 aliphatic rings. The van der Waals surface area contributed by atoms with Crippen LogP contribution in [0.25, 0.3) is 0 Å². The predicted octanol–water partition coefficient (Wildman–Crippen LogP) is 7.85. The average molecular weight is 415 g/mol. The van der Waals surface area contributed by atoms with E-state index in [9.17, 15) is 0 Å². The van der Waals surface area contributed by atoms with E-state index in [1.807, 2.05) is 12.1 Å². The number of para-hydroxylation sites is 1. The van der Waals surface area contributed by atoms with Crippen molar-refractivity contribution in [1.29, 1.82) is 0 Å². The lowest BCUT2D eigenvalue weighted by Crippen LogP contribution is -2.12. The van der Waals surface area contributed by atoms with Crippen molar-refractivity contribution >= 4 is 8.60 Å². The zero-order valence-corrected chi connectivity index (χ0v) is 19.0. The second-order valence-electron chi connectivity index (χ2n) is 7.95. The van der Waals surface area contributed by atoms with Crippen LogP contribution in [0.4, 0.5) is 0 Å². The summed E-state index contributed by atoms with van der Waals surface area (Å²) >= 11 is 0. The van der Waals surface area contributed by atoms with Gasteiger partial charge in [-0.15, -0.1) is 0 Å². The number of rotatable bonds is 10. The van der Waals surface area contributed by atoms with E-state index >= 15 is 0 Å². The van der Waals surface area contributed by atoms with Crippen LogP contribution in [0, 0.1) is 5.92 Å². The molecule has 3 nitrogen and oxygen atoms in total. The number of benzene rings is 2. The van der Waals surface area contributed by atoms with Gasteiger partial charge in [0.25, 0.3) is 0 Å². The molecule has 158 valence electrons. The van der Waals surface area contributed by atoms with Gasteiger partial charge in [0.2, 0.25) is 0 Å². The first-order valence-electron chi connectivity index (χ1n) is 11.2. The molecule has 0 bridgehead atoms. The van der Waals surface area contributed by atoms with Crippen LogP contribution < -0.4 is 9.05 Å². The van der Waals surface area contributed by atoms with Crippen LogP contribution >= 0.6 is 8.60 Å². The third-order valence-electron chi connectivity index (χ3n) is 5.61. The second-order valence-corrected chi connectivity index (χ2v) is 9.02. The second kappa shape index (κ2) is 11.6. The highest BCUT2D eigenvalue weighted by molar-refractivity contribution is 7.42. The van der Waals surface area contributed by atoms with Crippen LogP contribution in [-0.2, 0) is 17.4 Å². The molecule has 0 fully saturated rings. The van der Waals surface area contributed by atoms with Gasteiger partial charge in [-0.05, 0) is 54.0 Å². The number of hydrogen-bond donors (Lipinski definition) is 0. The Kier molecular flexibility index (Phi) is 8.83. The molecule has 0 saturated heterocycles. The van der Waals surface area contributed by atoms with Crippen molar-refractivity contribution in [3.8, 4) is 11.5 Å². The van der Waals surface area contributed by atoms with E-state index in [1.165, 1.54) is 48.8 Å². The standard InChI is InChI=1S/C25H35O3P/c1-4-7-11-20(6-3)19-26-29-27-24-14-10-9-13-22(24)18-23-16-15-21(12-8-5-2)17-25(23)28-29/h9-10,13-17,20H,4-8,11-12,18-19H2,1-3H3. The summed E-state index contributed by atoms with van der Waals surface area (Å²) in [6.07, 6.45) is 9.07. The first-order chi connectivity index (χ1) is 14.2. The molecule has 0 N–H and O–H groups in total. The maximum Gasteiger partial charge on any atom is 0.463 e.